The fourth-order valence-electron chi connectivity index (χ4n) is 4.32. The fraction of sp³-hybridized carbons (Fsp3) is 0.375. The van der Waals surface area contributed by atoms with Crippen LogP contribution in [-0.4, -0.2) is 54.5 Å². The second kappa shape index (κ2) is 9.00. The number of carboxylic acids is 1. The summed E-state index contributed by atoms with van der Waals surface area (Å²) < 4.78 is 10.8. The summed E-state index contributed by atoms with van der Waals surface area (Å²) >= 11 is 0. The van der Waals surface area contributed by atoms with Crippen molar-refractivity contribution in [3.63, 3.8) is 0 Å². The first kappa shape index (κ1) is 21.8. The van der Waals surface area contributed by atoms with Crippen molar-refractivity contribution in [2.75, 3.05) is 19.8 Å². The molecular weight excluding hydrogens is 412 g/mol. The van der Waals surface area contributed by atoms with E-state index in [2.05, 4.69) is 10.6 Å². The Kier molecular flexibility index (Phi) is 6.14. The summed E-state index contributed by atoms with van der Waals surface area (Å²) in [5, 5.41) is 14.4. The van der Waals surface area contributed by atoms with E-state index in [0.717, 1.165) is 22.3 Å². The molecule has 8 nitrogen and oxygen atoms in total. The lowest BCUT2D eigenvalue weighted by molar-refractivity contribution is -0.140. The lowest BCUT2D eigenvalue weighted by Gasteiger charge is -2.26. The lowest BCUT2D eigenvalue weighted by Crippen LogP contribution is -2.55. The number of alkyl carbamates (subject to hydrolysis) is 1. The first-order valence-electron chi connectivity index (χ1n) is 10.6. The number of fused-ring (bicyclic) bond motifs is 3. The summed E-state index contributed by atoms with van der Waals surface area (Å²) in [6, 6.07) is 14.7. The Hall–Kier alpha value is -3.39. The molecule has 168 valence electrons. The summed E-state index contributed by atoms with van der Waals surface area (Å²) in [7, 11) is 0. The van der Waals surface area contributed by atoms with Crippen LogP contribution in [-0.2, 0) is 19.1 Å². The minimum atomic E-state index is -1.25. The topological polar surface area (TPSA) is 114 Å². The van der Waals surface area contributed by atoms with Crippen LogP contribution in [0.1, 0.15) is 36.8 Å². The molecule has 2 aromatic rings. The normalized spacial score (nSPS) is 20.2. The third kappa shape index (κ3) is 4.60. The van der Waals surface area contributed by atoms with Gasteiger partial charge in [-0.25, -0.2) is 4.79 Å². The van der Waals surface area contributed by atoms with Gasteiger partial charge in [-0.1, -0.05) is 48.5 Å². The highest BCUT2D eigenvalue weighted by Gasteiger charge is 2.35. The van der Waals surface area contributed by atoms with Gasteiger partial charge in [0.05, 0.1) is 18.6 Å². The van der Waals surface area contributed by atoms with Gasteiger partial charge in [0.1, 0.15) is 12.6 Å². The lowest BCUT2D eigenvalue weighted by atomic mass is 9.98. The Bertz CT molecular complexity index is 985. The van der Waals surface area contributed by atoms with Crippen molar-refractivity contribution in [3.8, 4) is 11.1 Å². The summed E-state index contributed by atoms with van der Waals surface area (Å²) in [6.07, 6.45) is -0.766. The number of hydrogen-bond donors (Lipinski definition) is 3. The number of rotatable bonds is 7. The van der Waals surface area contributed by atoms with Crippen LogP contribution in [0.15, 0.2) is 48.5 Å². The van der Waals surface area contributed by atoms with Gasteiger partial charge in [-0.3, -0.25) is 9.59 Å². The van der Waals surface area contributed by atoms with E-state index < -0.39 is 36.0 Å². The van der Waals surface area contributed by atoms with E-state index in [1.807, 2.05) is 55.5 Å². The molecule has 1 aliphatic carbocycles. The molecule has 2 unspecified atom stereocenters. The van der Waals surface area contributed by atoms with Crippen molar-refractivity contribution >= 4 is 18.0 Å². The molecule has 8 heteroatoms. The van der Waals surface area contributed by atoms with Gasteiger partial charge in [-0.05, 0) is 35.6 Å². The van der Waals surface area contributed by atoms with E-state index >= 15 is 0 Å². The Morgan fingerprint density at radius 1 is 1.12 bits per heavy atom. The highest BCUT2D eigenvalue weighted by atomic mass is 16.5. The molecule has 0 aromatic heterocycles. The maximum atomic E-state index is 12.7. The molecule has 1 saturated heterocycles. The molecule has 1 heterocycles. The molecule has 4 rings (SSSR count). The standard InChI is InChI=1S/C24H26N2O6/c1-24(10-11-31-14-24)26-22(29)20(12-21(27)28)25-23(30)32-13-19-17-8-4-2-6-15(17)16-7-3-5-9-18(16)19/h2-9,19-20H,10-14H2,1H3,(H,25,30)(H,26,29)(H,27,28). The highest BCUT2D eigenvalue weighted by molar-refractivity contribution is 5.89. The average Bonchev–Trinajstić information content (AvgIpc) is 3.33. The van der Waals surface area contributed by atoms with Crippen molar-refractivity contribution in [1.82, 2.24) is 10.6 Å². The highest BCUT2D eigenvalue weighted by Crippen LogP contribution is 2.44. The minimum absolute atomic E-state index is 0.0762. The molecule has 2 aromatic carbocycles. The number of hydrogen-bond acceptors (Lipinski definition) is 5. The van der Waals surface area contributed by atoms with Crippen LogP contribution in [0.4, 0.5) is 4.79 Å². The molecule has 0 radical (unpaired) electrons. The van der Waals surface area contributed by atoms with Gasteiger partial charge in [0.25, 0.3) is 0 Å². The van der Waals surface area contributed by atoms with E-state index in [1.54, 1.807) is 0 Å². The SMILES string of the molecule is CC1(NC(=O)C(CC(=O)O)NC(=O)OCC2c3ccccc3-c3ccccc32)CCOC1. The smallest absolute Gasteiger partial charge is 0.407 e. The Morgan fingerprint density at radius 2 is 1.75 bits per heavy atom. The molecule has 2 aliphatic rings. The van der Waals surface area contributed by atoms with Crippen LogP contribution in [0, 0.1) is 0 Å². The molecule has 2 atom stereocenters. The molecule has 0 saturated carbocycles. The minimum Gasteiger partial charge on any atom is -0.481 e. The third-order valence-corrected chi connectivity index (χ3v) is 5.97. The van der Waals surface area contributed by atoms with E-state index in [1.165, 1.54) is 0 Å². The Labute approximate surface area is 185 Å². The Balaban J connectivity index is 1.41. The largest absolute Gasteiger partial charge is 0.481 e. The molecule has 1 aliphatic heterocycles. The summed E-state index contributed by atoms with van der Waals surface area (Å²) in [4.78, 5) is 36.4. The zero-order valence-electron chi connectivity index (χ0n) is 17.8. The van der Waals surface area contributed by atoms with Crippen LogP contribution in [0.3, 0.4) is 0 Å². The second-order valence-electron chi connectivity index (χ2n) is 8.47. The van der Waals surface area contributed by atoms with Crippen LogP contribution in [0.2, 0.25) is 0 Å². The zero-order valence-corrected chi connectivity index (χ0v) is 17.8. The monoisotopic (exact) mass is 438 g/mol. The van der Waals surface area contributed by atoms with Crippen LogP contribution < -0.4 is 10.6 Å². The molecule has 2 amide bonds. The van der Waals surface area contributed by atoms with Gasteiger partial charge < -0.3 is 25.2 Å². The second-order valence-corrected chi connectivity index (χ2v) is 8.47. The van der Waals surface area contributed by atoms with Gasteiger partial charge in [-0.15, -0.1) is 0 Å². The molecular formula is C24H26N2O6. The fourth-order valence-corrected chi connectivity index (χ4v) is 4.32. The quantitative estimate of drug-likeness (QED) is 0.612. The van der Waals surface area contributed by atoms with Crippen molar-refractivity contribution < 1.29 is 29.0 Å². The molecule has 1 fully saturated rings. The van der Waals surface area contributed by atoms with Crippen LogP contribution in [0.25, 0.3) is 11.1 Å². The predicted molar refractivity (Wildman–Crippen MR) is 116 cm³/mol. The number of aliphatic carboxylic acids is 1. The maximum absolute atomic E-state index is 12.7. The summed E-state index contributed by atoms with van der Waals surface area (Å²) in [5.41, 5.74) is 3.75. The number of ether oxygens (including phenoxy) is 2. The van der Waals surface area contributed by atoms with Crippen molar-refractivity contribution in [2.24, 2.45) is 0 Å². The summed E-state index contributed by atoms with van der Waals surface area (Å²) in [5.74, 6) is -1.90. The van der Waals surface area contributed by atoms with Gasteiger partial charge in [0.2, 0.25) is 5.91 Å². The number of carbonyl (C=O) groups is 3. The molecule has 0 spiro atoms. The number of nitrogens with one attached hydrogen (secondary N) is 2. The van der Waals surface area contributed by atoms with E-state index in [-0.39, 0.29) is 12.5 Å². The van der Waals surface area contributed by atoms with E-state index in [4.69, 9.17) is 9.47 Å². The van der Waals surface area contributed by atoms with E-state index in [0.29, 0.717) is 19.6 Å². The number of benzene rings is 2. The van der Waals surface area contributed by atoms with Gasteiger partial charge >= 0.3 is 12.1 Å². The van der Waals surface area contributed by atoms with Gasteiger partial charge in [0, 0.05) is 12.5 Å². The molecule has 3 N–H and O–H groups in total. The van der Waals surface area contributed by atoms with Crippen molar-refractivity contribution in [1.29, 1.82) is 0 Å². The van der Waals surface area contributed by atoms with Gasteiger partial charge in [0.15, 0.2) is 0 Å². The third-order valence-electron chi connectivity index (χ3n) is 5.97. The van der Waals surface area contributed by atoms with Crippen molar-refractivity contribution in [3.05, 3.63) is 59.7 Å². The number of amides is 2. The number of carboxylic acid groups (broad SMARTS) is 1. The van der Waals surface area contributed by atoms with Crippen LogP contribution in [0.5, 0.6) is 0 Å². The first-order chi connectivity index (χ1) is 15.4. The van der Waals surface area contributed by atoms with E-state index in [9.17, 15) is 19.5 Å². The predicted octanol–water partition coefficient (Wildman–Crippen LogP) is 2.66. The zero-order chi connectivity index (χ0) is 22.7. The maximum Gasteiger partial charge on any atom is 0.407 e. The first-order valence-corrected chi connectivity index (χ1v) is 10.6. The van der Waals surface area contributed by atoms with Crippen LogP contribution >= 0.6 is 0 Å². The summed E-state index contributed by atoms with van der Waals surface area (Å²) in [6.45, 7) is 2.75. The average molecular weight is 438 g/mol. The molecule has 32 heavy (non-hydrogen) atoms. The Morgan fingerprint density at radius 3 is 2.31 bits per heavy atom. The van der Waals surface area contributed by atoms with Crippen molar-refractivity contribution in [2.45, 2.75) is 37.3 Å². The number of carbonyl (C=O) groups excluding carboxylic acids is 2. The van der Waals surface area contributed by atoms with Gasteiger partial charge in [-0.2, -0.15) is 0 Å². The molecule has 0 bridgehead atoms.